The van der Waals surface area contributed by atoms with Crippen LogP contribution in [0.5, 0.6) is 11.5 Å². The van der Waals surface area contributed by atoms with Crippen molar-refractivity contribution in [2.24, 2.45) is 0 Å². The first-order valence-electron chi connectivity index (χ1n) is 12.6. The molecule has 0 spiro atoms. The second-order valence-corrected chi connectivity index (χ2v) is 9.55. The molecule has 7 rings (SSSR count). The number of aromatic nitrogens is 4. The van der Waals surface area contributed by atoms with Gasteiger partial charge >= 0.3 is 0 Å². The summed E-state index contributed by atoms with van der Waals surface area (Å²) in [6, 6.07) is 18.8. The Bertz CT molecular complexity index is 1610. The molecule has 2 aliphatic heterocycles. The van der Waals surface area contributed by atoms with Crippen LogP contribution in [0.3, 0.4) is 0 Å². The minimum Gasteiger partial charge on any atom is -0.454 e. The number of hydrogen-bond acceptors (Lipinski definition) is 7. The molecule has 38 heavy (non-hydrogen) atoms. The fraction of sp³-hybridized carbons (Fsp3) is 0.207. The number of rotatable bonds is 5. The number of nitrogens with one attached hydrogen (secondary N) is 1. The molecule has 0 unspecified atom stereocenters. The highest BCUT2D eigenvalue weighted by molar-refractivity contribution is 5.94. The lowest BCUT2D eigenvalue weighted by atomic mass is 10.00. The third-order valence-corrected chi connectivity index (χ3v) is 7.21. The number of aromatic amines is 1. The molecule has 1 fully saturated rings. The maximum atomic E-state index is 13.5. The summed E-state index contributed by atoms with van der Waals surface area (Å²) >= 11 is 0. The van der Waals surface area contributed by atoms with Crippen LogP contribution in [0.4, 0.5) is 10.2 Å². The maximum Gasteiger partial charge on any atom is 0.231 e. The number of H-pyrrole nitrogens is 1. The van der Waals surface area contributed by atoms with Crippen LogP contribution in [0.15, 0.2) is 73.2 Å². The molecule has 0 atom stereocenters. The molecular formula is C29H25FN6O2. The van der Waals surface area contributed by atoms with Gasteiger partial charge in [-0.25, -0.2) is 14.4 Å². The van der Waals surface area contributed by atoms with Gasteiger partial charge in [-0.05, 0) is 59.7 Å². The molecule has 9 heteroatoms. The predicted molar refractivity (Wildman–Crippen MR) is 143 cm³/mol. The van der Waals surface area contributed by atoms with E-state index < -0.39 is 0 Å². The van der Waals surface area contributed by atoms with Crippen molar-refractivity contribution < 1.29 is 13.9 Å². The van der Waals surface area contributed by atoms with Gasteiger partial charge in [0.25, 0.3) is 0 Å². The van der Waals surface area contributed by atoms with E-state index in [1.165, 1.54) is 17.7 Å². The van der Waals surface area contributed by atoms with Gasteiger partial charge in [-0.2, -0.15) is 5.10 Å². The fourth-order valence-corrected chi connectivity index (χ4v) is 5.22. The third-order valence-electron chi connectivity index (χ3n) is 7.21. The SMILES string of the molecule is Fc1ccc(-c2[nH]ncc2-c2ccc3ncnc(N4CCN(Cc5ccc6c(c5)OCO6)CC4)c3c2)cc1. The zero-order valence-electron chi connectivity index (χ0n) is 20.6. The van der Waals surface area contributed by atoms with E-state index in [9.17, 15) is 4.39 Å². The molecule has 0 aliphatic carbocycles. The monoisotopic (exact) mass is 508 g/mol. The Hall–Kier alpha value is -4.50. The lowest BCUT2D eigenvalue weighted by Crippen LogP contribution is -2.46. The first kappa shape index (κ1) is 22.7. The number of fused-ring (bicyclic) bond motifs is 2. The largest absolute Gasteiger partial charge is 0.454 e. The van der Waals surface area contributed by atoms with Crippen molar-refractivity contribution in [1.29, 1.82) is 0 Å². The van der Waals surface area contributed by atoms with Crippen molar-refractivity contribution in [2.45, 2.75) is 6.54 Å². The number of benzene rings is 3. The van der Waals surface area contributed by atoms with Gasteiger partial charge in [-0.15, -0.1) is 0 Å². The Kier molecular flexibility index (Phi) is 5.62. The van der Waals surface area contributed by atoms with Crippen molar-refractivity contribution in [3.05, 3.63) is 84.6 Å². The highest BCUT2D eigenvalue weighted by atomic mass is 19.1. The van der Waals surface area contributed by atoms with Gasteiger partial charge in [-0.3, -0.25) is 10.00 Å². The van der Waals surface area contributed by atoms with Gasteiger partial charge in [0.2, 0.25) is 6.79 Å². The maximum absolute atomic E-state index is 13.5. The Morgan fingerprint density at radius 1 is 0.842 bits per heavy atom. The van der Waals surface area contributed by atoms with Crippen LogP contribution in [-0.2, 0) is 6.54 Å². The van der Waals surface area contributed by atoms with Crippen LogP contribution in [0.1, 0.15) is 5.56 Å². The number of piperazine rings is 1. The summed E-state index contributed by atoms with van der Waals surface area (Å²) in [5, 5.41) is 8.34. The average molecular weight is 509 g/mol. The summed E-state index contributed by atoms with van der Waals surface area (Å²) in [4.78, 5) is 14.0. The van der Waals surface area contributed by atoms with Crippen LogP contribution in [0.2, 0.25) is 0 Å². The smallest absolute Gasteiger partial charge is 0.231 e. The Morgan fingerprint density at radius 3 is 2.53 bits per heavy atom. The van der Waals surface area contributed by atoms with Crippen molar-refractivity contribution in [1.82, 2.24) is 25.1 Å². The number of nitrogens with zero attached hydrogens (tertiary/aromatic N) is 5. The number of ether oxygens (including phenoxy) is 2. The minimum atomic E-state index is -0.265. The molecular weight excluding hydrogens is 483 g/mol. The second kappa shape index (κ2) is 9.42. The van der Waals surface area contributed by atoms with Crippen molar-refractivity contribution in [3.8, 4) is 33.9 Å². The normalized spacial score (nSPS) is 15.3. The Balaban J connectivity index is 1.12. The number of hydrogen-bond donors (Lipinski definition) is 1. The molecule has 1 saturated heterocycles. The number of halogens is 1. The second-order valence-electron chi connectivity index (χ2n) is 9.55. The molecule has 0 amide bonds. The average Bonchev–Trinajstić information content (AvgIpc) is 3.63. The highest BCUT2D eigenvalue weighted by Crippen LogP contribution is 2.35. The van der Waals surface area contributed by atoms with Gasteiger partial charge < -0.3 is 14.4 Å². The predicted octanol–water partition coefficient (Wildman–Crippen LogP) is 4.88. The van der Waals surface area contributed by atoms with E-state index in [-0.39, 0.29) is 5.82 Å². The fourth-order valence-electron chi connectivity index (χ4n) is 5.22. The van der Waals surface area contributed by atoms with Gasteiger partial charge in [0.1, 0.15) is 18.0 Å². The van der Waals surface area contributed by atoms with Crippen LogP contribution in [0.25, 0.3) is 33.3 Å². The lowest BCUT2D eigenvalue weighted by molar-refractivity contribution is 0.174. The third kappa shape index (κ3) is 4.20. The van der Waals surface area contributed by atoms with E-state index in [4.69, 9.17) is 14.5 Å². The topological polar surface area (TPSA) is 79.4 Å². The summed E-state index contributed by atoms with van der Waals surface area (Å²) in [7, 11) is 0. The molecule has 2 aliphatic rings. The van der Waals surface area contributed by atoms with Crippen LogP contribution in [-0.4, -0.2) is 58.0 Å². The van der Waals surface area contributed by atoms with Gasteiger partial charge in [0.05, 0.1) is 17.4 Å². The zero-order chi connectivity index (χ0) is 25.5. The van der Waals surface area contributed by atoms with E-state index in [0.29, 0.717) is 6.79 Å². The molecule has 1 N–H and O–H groups in total. The van der Waals surface area contributed by atoms with Crippen LogP contribution < -0.4 is 14.4 Å². The molecule has 0 saturated carbocycles. The highest BCUT2D eigenvalue weighted by Gasteiger charge is 2.22. The Morgan fingerprint density at radius 2 is 1.66 bits per heavy atom. The van der Waals surface area contributed by atoms with E-state index in [2.05, 4.69) is 43.2 Å². The van der Waals surface area contributed by atoms with Crippen LogP contribution >= 0.6 is 0 Å². The molecule has 2 aromatic heterocycles. The Labute approximate surface area is 218 Å². The minimum absolute atomic E-state index is 0.265. The summed E-state index contributed by atoms with van der Waals surface area (Å²) < 4.78 is 24.4. The number of anilines is 1. The van der Waals surface area contributed by atoms with Crippen molar-refractivity contribution in [2.75, 3.05) is 37.9 Å². The molecule has 4 heterocycles. The van der Waals surface area contributed by atoms with Gasteiger partial charge in [-0.1, -0.05) is 12.1 Å². The first-order valence-corrected chi connectivity index (χ1v) is 12.6. The van der Waals surface area contributed by atoms with E-state index in [1.54, 1.807) is 24.7 Å². The van der Waals surface area contributed by atoms with Crippen LogP contribution in [0, 0.1) is 5.82 Å². The summed E-state index contributed by atoms with van der Waals surface area (Å²) in [5.41, 5.74) is 5.79. The quantitative estimate of drug-likeness (QED) is 0.363. The van der Waals surface area contributed by atoms with Gasteiger partial charge in [0.15, 0.2) is 11.5 Å². The first-order chi connectivity index (χ1) is 18.7. The zero-order valence-corrected chi connectivity index (χ0v) is 20.6. The van der Waals surface area contributed by atoms with Crippen molar-refractivity contribution >= 4 is 16.7 Å². The van der Waals surface area contributed by atoms with E-state index in [0.717, 1.165) is 83.3 Å². The standard InChI is InChI=1S/C29H25FN6O2/c30-22-5-2-20(3-6-22)28-24(15-33-34-28)21-4-7-25-23(14-21)29(32-17-31-25)36-11-9-35(10-12-36)16-19-1-8-26-27(13-19)38-18-37-26/h1-8,13-15,17H,9-12,16,18H2,(H,33,34). The molecule has 0 bridgehead atoms. The van der Waals surface area contributed by atoms with E-state index in [1.807, 2.05) is 18.2 Å². The molecule has 8 nitrogen and oxygen atoms in total. The summed E-state index contributed by atoms with van der Waals surface area (Å²) in [6.07, 6.45) is 3.44. The summed E-state index contributed by atoms with van der Waals surface area (Å²) in [5.74, 6) is 2.31. The molecule has 190 valence electrons. The van der Waals surface area contributed by atoms with Crippen molar-refractivity contribution in [3.63, 3.8) is 0 Å². The molecule has 3 aromatic carbocycles. The van der Waals surface area contributed by atoms with Gasteiger partial charge in [0, 0.05) is 49.2 Å². The summed E-state index contributed by atoms with van der Waals surface area (Å²) in [6.45, 7) is 4.75. The molecule has 0 radical (unpaired) electrons. The van der Waals surface area contributed by atoms with E-state index >= 15 is 0 Å². The molecule has 5 aromatic rings. The lowest BCUT2D eigenvalue weighted by Gasteiger charge is -2.35.